The number of hydrogen-bond donors (Lipinski definition) is 0. The first-order valence-corrected chi connectivity index (χ1v) is 10.5. The molecule has 0 aromatic heterocycles. The van der Waals surface area contributed by atoms with Crippen molar-refractivity contribution in [1.82, 2.24) is 4.90 Å². The number of halogens is 2. The molecule has 1 aliphatic rings. The van der Waals surface area contributed by atoms with Crippen LogP contribution in [0.25, 0.3) is 0 Å². The van der Waals surface area contributed by atoms with Gasteiger partial charge in [0.25, 0.3) is 5.91 Å². The van der Waals surface area contributed by atoms with Crippen LogP contribution >= 0.6 is 15.9 Å². The summed E-state index contributed by atoms with van der Waals surface area (Å²) in [4.78, 5) is 15.1. The summed E-state index contributed by atoms with van der Waals surface area (Å²) in [7, 11) is 1.54. The summed E-state index contributed by atoms with van der Waals surface area (Å²) in [5, 5.41) is 0. The second-order valence-corrected chi connectivity index (χ2v) is 7.73. The summed E-state index contributed by atoms with van der Waals surface area (Å²) in [6, 6.07) is 9.70. The number of carbonyl (C=O) groups excluding carboxylic acids is 1. The van der Waals surface area contributed by atoms with E-state index in [0.29, 0.717) is 47.8 Å². The van der Waals surface area contributed by atoms with Crippen LogP contribution in [0.1, 0.15) is 35.7 Å². The van der Waals surface area contributed by atoms with E-state index in [0.717, 1.165) is 18.4 Å². The van der Waals surface area contributed by atoms with Gasteiger partial charge in [0.15, 0.2) is 11.5 Å². The number of benzene rings is 2. The molecule has 1 fully saturated rings. The van der Waals surface area contributed by atoms with Crippen molar-refractivity contribution in [2.75, 3.05) is 26.9 Å². The summed E-state index contributed by atoms with van der Waals surface area (Å²) in [6.45, 7) is 3.81. The molecule has 0 N–H and O–H groups in total. The Morgan fingerprint density at radius 3 is 2.83 bits per heavy atom. The predicted octanol–water partition coefficient (Wildman–Crippen LogP) is 4.82. The molecule has 29 heavy (non-hydrogen) atoms. The standard InChI is InChI=1S/C22H25BrFNO4/c1-3-28-21-19(23)11-16(12-20(21)27-2)22(26)25(14-18-8-5-9-29-18)13-15-6-4-7-17(24)10-15/h4,6-7,10-12,18H,3,5,8-9,13-14H2,1-2H3. The highest BCUT2D eigenvalue weighted by atomic mass is 79.9. The van der Waals surface area contributed by atoms with Crippen LogP contribution in [-0.4, -0.2) is 43.8 Å². The number of carbonyl (C=O) groups is 1. The maximum absolute atomic E-state index is 13.7. The molecule has 5 nitrogen and oxygen atoms in total. The Labute approximate surface area is 178 Å². The van der Waals surface area contributed by atoms with Crippen LogP contribution in [0.2, 0.25) is 0 Å². The molecule has 2 aromatic carbocycles. The van der Waals surface area contributed by atoms with Gasteiger partial charge < -0.3 is 19.1 Å². The third-order valence-electron chi connectivity index (χ3n) is 4.76. The number of hydrogen-bond acceptors (Lipinski definition) is 4. The quantitative estimate of drug-likeness (QED) is 0.560. The molecule has 1 aliphatic heterocycles. The van der Waals surface area contributed by atoms with Gasteiger partial charge in [-0.1, -0.05) is 12.1 Å². The van der Waals surface area contributed by atoms with Gasteiger partial charge in [0, 0.05) is 25.3 Å². The molecular formula is C22H25BrFNO4. The lowest BCUT2D eigenvalue weighted by Crippen LogP contribution is -2.37. The maximum Gasteiger partial charge on any atom is 0.254 e. The van der Waals surface area contributed by atoms with Gasteiger partial charge in [0.1, 0.15) is 5.82 Å². The van der Waals surface area contributed by atoms with Gasteiger partial charge >= 0.3 is 0 Å². The molecule has 7 heteroatoms. The van der Waals surface area contributed by atoms with Gasteiger partial charge in [-0.05, 0) is 65.5 Å². The minimum atomic E-state index is -0.322. The lowest BCUT2D eigenvalue weighted by Gasteiger charge is -2.26. The maximum atomic E-state index is 13.7. The van der Waals surface area contributed by atoms with Crippen molar-refractivity contribution >= 4 is 21.8 Å². The van der Waals surface area contributed by atoms with Crippen LogP contribution in [-0.2, 0) is 11.3 Å². The topological polar surface area (TPSA) is 48.0 Å². The van der Waals surface area contributed by atoms with E-state index in [1.807, 2.05) is 13.0 Å². The Morgan fingerprint density at radius 2 is 2.17 bits per heavy atom. The van der Waals surface area contributed by atoms with Crippen LogP contribution in [0.15, 0.2) is 40.9 Å². The molecule has 1 unspecified atom stereocenters. The van der Waals surface area contributed by atoms with Crippen LogP contribution in [0, 0.1) is 5.82 Å². The second kappa shape index (κ2) is 10.1. The molecular weight excluding hydrogens is 441 g/mol. The number of methoxy groups -OCH3 is 1. The zero-order valence-corrected chi connectivity index (χ0v) is 18.2. The number of rotatable bonds is 8. The van der Waals surface area contributed by atoms with Crippen molar-refractivity contribution in [2.45, 2.75) is 32.4 Å². The van der Waals surface area contributed by atoms with E-state index in [9.17, 15) is 9.18 Å². The van der Waals surface area contributed by atoms with Crippen LogP contribution < -0.4 is 9.47 Å². The van der Waals surface area contributed by atoms with Gasteiger partial charge in [-0.25, -0.2) is 4.39 Å². The molecule has 2 aromatic rings. The zero-order valence-electron chi connectivity index (χ0n) is 16.6. The summed E-state index contributed by atoms with van der Waals surface area (Å²) in [5.41, 5.74) is 1.19. The first-order chi connectivity index (χ1) is 14.0. The average Bonchev–Trinajstić information content (AvgIpc) is 3.21. The third-order valence-corrected chi connectivity index (χ3v) is 5.35. The van der Waals surface area contributed by atoms with Crippen molar-refractivity contribution in [3.05, 3.63) is 57.8 Å². The summed E-state index contributed by atoms with van der Waals surface area (Å²) < 4.78 is 31.1. The Morgan fingerprint density at radius 1 is 1.34 bits per heavy atom. The van der Waals surface area contributed by atoms with E-state index in [1.165, 1.54) is 19.2 Å². The van der Waals surface area contributed by atoms with E-state index in [2.05, 4.69) is 15.9 Å². The molecule has 1 heterocycles. The van der Waals surface area contributed by atoms with Crippen molar-refractivity contribution in [3.63, 3.8) is 0 Å². The number of nitrogens with zero attached hydrogens (tertiary/aromatic N) is 1. The van der Waals surface area contributed by atoms with E-state index < -0.39 is 0 Å². The van der Waals surface area contributed by atoms with E-state index in [1.54, 1.807) is 23.1 Å². The molecule has 0 aliphatic carbocycles. The van der Waals surface area contributed by atoms with Crippen molar-refractivity contribution in [3.8, 4) is 11.5 Å². The normalized spacial score (nSPS) is 15.9. The van der Waals surface area contributed by atoms with Crippen molar-refractivity contribution in [1.29, 1.82) is 0 Å². The highest BCUT2D eigenvalue weighted by molar-refractivity contribution is 9.10. The van der Waals surface area contributed by atoms with Gasteiger partial charge in [-0.15, -0.1) is 0 Å². The Hall–Kier alpha value is -2.12. The summed E-state index contributed by atoms with van der Waals surface area (Å²) in [6.07, 6.45) is 1.87. The Bertz CT molecular complexity index is 855. The van der Waals surface area contributed by atoms with E-state index in [4.69, 9.17) is 14.2 Å². The molecule has 3 rings (SSSR count). The van der Waals surface area contributed by atoms with Gasteiger partial charge in [-0.3, -0.25) is 4.79 Å². The Balaban J connectivity index is 1.89. The molecule has 1 amide bonds. The first kappa shape index (κ1) is 21.6. The molecule has 156 valence electrons. The lowest BCUT2D eigenvalue weighted by molar-refractivity contribution is 0.0506. The lowest BCUT2D eigenvalue weighted by atomic mass is 10.1. The minimum absolute atomic E-state index is 0.0134. The SMILES string of the molecule is CCOc1c(Br)cc(C(=O)N(Cc2cccc(F)c2)CC2CCCO2)cc1OC. The molecule has 0 radical (unpaired) electrons. The highest BCUT2D eigenvalue weighted by Gasteiger charge is 2.25. The van der Waals surface area contributed by atoms with Gasteiger partial charge in [0.05, 0.1) is 24.3 Å². The third kappa shape index (κ3) is 5.48. The van der Waals surface area contributed by atoms with Crippen molar-refractivity contribution < 1.29 is 23.4 Å². The monoisotopic (exact) mass is 465 g/mol. The van der Waals surface area contributed by atoms with Crippen LogP contribution in [0.5, 0.6) is 11.5 Å². The average molecular weight is 466 g/mol. The summed E-state index contributed by atoms with van der Waals surface area (Å²) >= 11 is 3.47. The van der Waals surface area contributed by atoms with Crippen molar-refractivity contribution in [2.24, 2.45) is 0 Å². The fourth-order valence-electron chi connectivity index (χ4n) is 3.42. The smallest absolute Gasteiger partial charge is 0.254 e. The highest BCUT2D eigenvalue weighted by Crippen LogP contribution is 2.37. The molecule has 1 atom stereocenters. The molecule has 0 bridgehead atoms. The zero-order chi connectivity index (χ0) is 20.8. The Kier molecular flexibility index (Phi) is 7.50. The second-order valence-electron chi connectivity index (χ2n) is 6.87. The fourth-order valence-corrected chi connectivity index (χ4v) is 3.98. The number of ether oxygens (including phenoxy) is 3. The van der Waals surface area contributed by atoms with Gasteiger partial charge in [-0.2, -0.15) is 0 Å². The van der Waals surface area contributed by atoms with E-state index >= 15 is 0 Å². The number of amides is 1. The van der Waals surface area contributed by atoms with Crippen LogP contribution in [0.4, 0.5) is 4.39 Å². The van der Waals surface area contributed by atoms with Gasteiger partial charge in [0.2, 0.25) is 0 Å². The first-order valence-electron chi connectivity index (χ1n) is 9.67. The van der Waals surface area contributed by atoms with E-state index in [-0.39, 0.29) is 17.8 Å². The largest absolute Gasteiger partial charge is 0.493 e. The summed E-state index contributed by atoms with van der Waals surface area (Å²) in [5.74, 6) is 0.541. The van der Waals surface area contributed by atoms with Crippen LogP contribution in [0.3, 0.4) is 0 Å². The fraction of sp³-hybridized carbons (Fsp3) is 0.409. The minimum Gasteiger partial charge on any atom is -0.493 e. The molecule has 1 saturated heterocycles. The molecule has 0 saturated carbocycles. The predicted molar refractivity (Wildman–Crippen MR) is 112 cm³/mol. The molecule has 0 spiro atoms.